The molecule has 0 aliphatic rings. The van der Waals surface area contributed by atoms with Gasteiger partial charge in [0, 0.05) is 12.6 Å². The Morgan fingerprint density at radius 2 is 1.65 bits per heavy atom. The van der Waals surface area contributed by atoms with Gasteiger partial charge in [-0.05, 0) is 55.7 Å². The lowest BCUT2D eigenvalue weighted by molar-refractivity contribution is 0.0944. The van der Waals surface area contributed by atoms with Crippen LogP contribution in [0.1, 0.15) is 32.7 Å². The van der Waals surface area contributed by atoms with Crippen LogP contribution in [-0.4, -0.2) is 15.7 Å². The minimum absolute atomic E-state index is 0.205. The normalized spacial score (nSPS) is 10.6. The van der Waals surface area contributed by atoms with E-state index in [0.29, 0.717) is 12.2 Å². The van der Waals surface area contributed by atoms with Crippen LogP contribution in [-0.2, 0) is 6.54 Å². The van der Waals surface area contributed by atoms with Gasteiger partial charge in [-0.2, -0.15) is 9.78 Å². The van der Waals surface area contributed by atoms with Gasteiger partial charge in [-0.3, -0.25) is 9.59 Å². The molecule has 0 aliphatic carbocycles. The number of hydrogen-bond donors (Lipinski definition) is 1. The molecule has 1 amide bonds. The molecule has 1 aromatic heterocycles. The van der Waals surface area contributed by atoms with Gasteiger partial charge in [0.25, 0.3) is 11.5 Å². The fraction of sp³-hybridized carbons (Fsp3) is 0.190. The van der Waals surface area contributed by atoms with Crippen molar-refractivity contribution in [2.45, 2.75) is 27.3 Å². The number of para-hydroxylation sites is 1. The van der Waals surface area contributed by atoms with Gasteiger partial charge in [0.15, 0.2) is 0 Å². The lowest BCUT2D eigenvalue weighted by Gasteiger charge is -2.12. The molecule has 1 heterocycles. The molecule has 5 nitrogen and oxygen atoms in total. The number of nitrogens with zero attached hydrogens (tertiary/aromatic N) is 2. The highest BCUT2D eigenvalue weighted by Gasteiger charge is 2.12. The average molecular weight is 347 g/mol. The topological polar surface area (TPSA) is 64.0 Å². The Bertz CT molecular complexity index is 984. The fourth-order valence-electron chi connectivity index (χ4n) is 3.03. The Kier molecular flexibility index (Phi) is 4.98. The highest BCUT2D eigenvalue weighted by Crippen LogP contribution is 2.16. The Morgan fingerprint density at radius 3 is 2.31 bits per heavy atom. The van der Waals surface area contributed by atoms with Gasteiger partial charge in [0.2, 0.25) is 0 Å². The molecule has 26 heavy (non-hydrogen) atoms. The van der Waals surface area contributed by atoms with Crippen molar-refractivity contribution in [1.82, 2.24) is 15.1 Å². The summed E-state index contributed by atoms with van der Waals surface area (Å²) in [5.41, 5.74) is 5.13. The Hall–Kier alpha value is -3.21. The number of carbonyl (C=O) groups is 1. The van der Waals surface area contributed by atoms with Gasteiger partial charge < -0.3 is 5.32 Å². The molecular weight excluding hydrogens is 326 g/mol. The number of carbonyl (C=O) groups excluding carboxylic acids is 1. The molecule has 0 saturated carbocycles. The molecule has 0 atom stereocenters. The second kappa shape index (κ2) is 7.35. The molecule has 1 N–H and O–H groups in total. The van der Waals surface area contributed by atoms with E-state index in [2.05, 4.69) is 29.5 Å². The summed E-state index contributed by atoms with van der Waals surface area (Å²) < 4.78 is 1.23. The largest absolute Gasteiger partial charge is 0.347 e. The quantitative estimate of drug-likeness (QED) is 0.789. The van der Waals surface area contributed by atoms with Crippen LogP contribution in [0.4, 0.5) is 0 Å². The highest BCUT2D eigenvalue weighted by molar-refractivity contribution is 5.92. The standard InChI is InChI=1S/C21H21N3O2/c1-14-11-15(2)18(16(3)12-14)13-22-21(26)19-9-10-20(25)24(23-19)17-7-5-4-6-8-17/h4-12H,13H2,1-3H3,(H,22,26). The third kappa shape index (κ3) is 3.72. The van der Waals surface area contributed by atoms with Gasteiger partial charge in [0.1, 0.15) is 5.69 Å². The van der Waals surface area contributed by atoms with Gasteiger partial charge in [-0.15, -0.1) is 0 Å². The first-order valence-electron chi connectivity index (χ1n) is 8.46. The molecule has 0 spiro atoms. The van der Waals surface area contributed by atoms with Gasteiger partial charge >= 0.3 is 0 Å². The summed E-state index contributed by atoms with van der Waals surface area (Å²) in [4.78, 5) is 24.6. The fourth-order valence-corrected chi connectivity index (χ4v) is 3.03. The van der Waals surface area contributed by atoms with E-state index in [1.807, 2.05) is 32.0 Å². The number of hydrogen-bond acceptors (Lipinski definition) is 3. The van der Waals surface area contributed by atoms with Crippen molar-refractivity contribution in [2.75, 3.05) is 0 Å². The Morgan fingerprint density at radius 1 is 1.00 bits per heavy atom. The first kappa shape index (κ1) is 17.6. The van der Waals surface area contributed by atoms with Crippen LogP contribution in [0.25, 0.3) is 5.69 Å². The molecule has 0 aliphatic heterocycles. The Labute approximate surface area is 152 Å². The molecule has 2 aromatic carbocycles. The SMILES string of the molecule is Cc1cc(C)c(CNC(=O)c2ccc(=O)n(-c3ccccc3)n2)c(C)c1. The van der Waals surface area contributed by atoms with Gasteiger partial charge in [-0.25, -0.2) is 0 Å². The zero-order valence-corrected chi connectivity index (χ0v) is 15.1. The minimum Gasteiger partial charge on any atom is -0.347 e. The second-order valence-corrected chi connectivity index (χ2v) is 6.36. The van der Waals surface area contributed by atoms with Crippen LogP contribution in [0.5, 0.6) is 0 Å². The molecule has 132 valence electrons. The monoisotopic (exact) mass is 347 g/mol. The lowest BCUT2D eigenvalue weighted by atomic mass is 10.00. The zero-order valence-electron chi connectivity index (χ0n) is 15.1. The van der Waals surface area contributed by atoms with Crippen molar-refractivity contribution in [3.63, 3.8) is 0 Å². The third-order valence-electron chi connectivity index (χ3n) is 4.30. The van der Waals surface area contributed by atoms with E-state index < -0.39 is 0 Å². The molecule has 0 bridgehead atoms. The summed E-state index contributed by atoms with van der Waals surface area (Å²) >= 11 is 0. The molecule has 0 radical (unpaired) electrons. The maximum Gasteiger partial charge on any atom is 0.272 e. The van der Waals surface area contributed by atoms with Crippen molar-refractivity contribution in [1.29, 1.82) is 0 Å². The maximum absolute atomic E-state index is 12.5. The summed E-state index contributed by atoms with van der Waals surface area (Å²) in [5.74, 6) is -0.311. The Balaban J connectivity index is 1.82. The number of amides is 1. The van der Waals surface area contributed by atoms with E-state index in [4.69, 9.17) is 0 Å². The highest BCUT2D eigenvalue weighted by atomic mass is 16.2. The van der Waals surface area contributed by atoms with E-state index >= 15 is 0 Å². The van der Waals surface area contributed by atoms with E-state index in [1.165, 1.54) is 22.4 Å². The predicted molar refractivity (Wildman–Crippen MR) is 102 cm³/mol. The van der Waals surface area contributed by atoms with Crippen molar-refractivity contribution < 1.29 is 4.79 Å². The molecule has 3 aromatic rings. The van der Waals surface area contributed by atoms with Crippen molar-refractivity contribution in [3.05, 3.63) is 92.9 Å². The summed E-state index contributed by atoms with van der Waals surface area (Å²) in [6.07, 6.45) is 0. The molecule has 3 rings (SSSR count). The summed E-state index contributed by atoms with van der Waals surface area (Å²) in [6.45, 7) is 6.55. The molecule has 5 heteroatoms. The number of aromatic nitrogens is 2. The minimum atomic E-state index is -0.311. The van der Waals surface area contributed by atoms with Gasteiger partial charge in [-0.1, -0.05) is 35.9 Å². The second-order valence-electron chi connectivity index (χ2n) is 6.36. The third-order valence-corrected chi connectivity index (χ3v) is 4.30. The summed E-state index contributed by atoms with van der Waals surface area (Å²) in [6, 6.07) is 16.0. The van der Waals surface area contributed by atoms with Crippen molar-refractivity contribution in [2.24, 2.45) is 0 Å². The van der Waals surface area contributed by atoms with Crippen LogP contribution in [0.2, 0.25) is 0 Å². The number of nitrogens with one attached hydrogen (secondary N) is 1. The lowest BCUT2D eigenvalue weighted by Crippen LogP contribution is -2.29. The first-order chi connectivity index (χ1) is 12.5. The number of rotatable bonds is 4. The van der Waals surface area contributed by atoms with E-state index in [-0.39, 0.29) is 17.2 Å². The van der Waals surface area contributed by atoms with Crippen LogP contribution in [0.3, 0.4) is 0 Å². The van der Waals surface area contributed by atoms with Crippen LogP contribution < -0.4 is 10.9 Å². The van der Waals surface area contributed by atoms with Gasteiger partial charge in [0.05, 0.1) is 5.69 Å². The molecule has 0 fully saturated rings. The maximum atomic E-state index is 12.5. The van der Waals surface area contributed by atoms with E-state index in [0.717, 1.165) is 16.7 Å². The van der Waals surface area contributed by atoms with E-state index in [1.54, 1.807) is 12.1 Å². The smallest absolute Gasteiger partial charge is 0.272 e. The van der Waals surface area contributed by atoms with Crippen molar-refractivity contribution in [3.8, 4) is 5.69 Å². The number of benzene rings is 2. The average Bonchev–Trinajstić information content (AvgIpc) is 2.61. The summed E-state index contributed by atoms with van der Waals surface area (Å²) in [7, 11) is 0. The number of aryl methyl sites for hydroxylation is 3. The van der Waals surface area contributed by atoms with E-state index in [9.17, 15) is 9.59 Å². The van der Waals surface area contributed by atoms with Crippen LogP contribution >= 0.6 is 0 Å². The first-order valence-corrected chi connectivity index (χ1v) is 8.46. The molecule has 0 saturated heterocycles. The molecule has 0 unspecified atom stereocenters. The predicted octanol–water partition coefficient (Wildman–Crippen LogP) is 3.09. The van der Waals surface area contributed by atoms with Crippen LogP contribution in [0, 0.1) is 20.8 Å². The zero-order chi connectivity index (χ0) is 18.7. The molecular formula is C21H21N3O2. The van der Waals surface area contributed by atoms with Crippen molar-refractivity contribution >= 4 is 5.91 Å². The summed E-state index contributed by atoms with van der Waals surface area (Å²) in [5, 5.41) is 7.10. The van der Waals surface area contributed by atoms with Crippen LogP contribution in [0.15, 0.2) is 59.4 Å².